The van der Waals surface area contributed by atoms with Gasteiger partial charge in [-0.15, -0.1) is 11.3 Å². The lowest BCUT2D eigenvalue weighted by Crippen LogP contribution is -2.14. The molecule has 134 valence electrons. The maximum Gasteiger partial charge on any atom is 0.341 e. The van der Waals surface area contributed by atoms with Gasteiger partial charge in [-0.1, -0.05) is 18.2 Å². The average molecular weight is 371 g/mol. The molecule has 1 aromatic carbocycles. The molecule has 26 heavy (non-hydrogen) atoms. The Balaban J connectivity index is 1.97. The Kier molecular flexibility index (Phi) is 4.90. The fourth-order valence-corrected chi connectivity index (χ4v) is 3.73. The Morgan fingerprint density at radius 3 is 2.62 bits per heavy atom. The van der Waals surface area contributed by atoms with Crippen LogP contribution in [0.5, 0.6) is 0 Å². The monoisotopic (exact) mass is 371 g/mol. The first-order chi connectivity index (χ1) is 12.4. The number of fused-ring (bicyclic) bond motifs is 1. The molecule has 1 N–H and O–H groups in total. The predicted molar refractivity (Wildman–Crippen MR) is 99.2 cm³/mol. The van der Waals surface area contributed by atoms with Crippen LogP contribution in [0.1, 0.15) is 50.0 Å². The highest BCUT2D eigenvalue weighted by molar-refractivity contribution is 7.18. The third-order valence-electron chi connectivity index (χ3n) is 3.82. The molecule has 0 unspecified atom stereocenters. The SMILES string of the molecule is CCOC(=O)c1c(NC(=O)c2cc3ccccc3o2)sc(C(C)=O)c1C. The Morgan fingerprint density at radius 2 is 1.96 bits per heavy atom. The maximum absolute atomic E-state index is 12.6. The van der Waals surface area contributed by atoms with Crippen molar-refractivity contribution < 1.29 is 23.5 Å². The molecular formula is C19H17NO5S. The minimum Gasteiger partial charge on any atom is -0.462 e. The summed E-state index contributed by atoms with van der Waals surface area (Å²) in [5.41, 5.74) is 1.29. The number of benzene rings is 1. The Bertz CT molecular complexity index is 981. The van der Waals surface area contributed by atoms with Crippen molar-refractivity contribution in [1.82, 2.24) is 0 Å². The second-order valence-corrected chi connectivity index (χ2v) is 6.66. The standard InChI is InChI=1S/C19H17NO5S/c1-4-24-19(23)15-10(2)16(11(3)21)26-18(15)20-17(22)14-9-12-7-5-6-8-13(12)25-14/h5-9H,4H2,1-3H3,(H,20,22). The number of furan rings is 1. The van der Waals surface area contributed by atoms with E-state index < -0.39 is 11.9 Å². The fourth-order valence-electron chi connectivity index (χ4n) is 2.64. The van der Waals surface area contributed by atoms with Crippen LogP contribution in [-0.2, 0) is 4.74 Å². The summed E-state index contributed by atoms with van der Waals surface area (Å²) in [7, 11) is 0. The van der Waals surface area contributed by atoms with Crippen molar-refractivity contribution in [3.63, 3.8) is 0 Å². The van der Waals surface area contributed by atoms with Gasteiger partial charge in [-0.2, -0.15) is 0 Å². The molecule has 0 saturated heterocycles. The minimum atomic E-state index is -0.575. The van der Waals surface area contributed by atoms with E-state index in [0.29, 0.717) is 16.0 Å². The van der Waals surface area contributed by atoms with Gasteiger partial charge in [-0.25, -0.2) is 4.79 Å². The lowest BCUT2D eigenvalue weighted by Gasteiger charge is -2.06. The largest absolute Gasteiger partial charge is 0.462 e. The minimum absolute atomic E-state index is 0.122. The summed E-state index contributed by atoms with van der Waals surface area (Å²) in [5.74, 6) is -1.13. The summed E-state index contributed by atoms with van der Waals surface area (Å²) >= 11 is 1.05. The number of carbonyl (C=O) groups is 3. The molecule has 0 aliphatic heterocycles. The first-order valence-corrected chi connectivity index (χ1v) is 8.85. The topological polar surface area (TPSA) is 85.6 Å². The number of Topliss-reactive ketones (excluding diaryl/α,β-unsaturated/α-hetero) is 1. The van der Waals surface area contributed by atoms with Gasteiger partial charge in [0.1, 0.15) is 10.6 Å². The van der Waals surface area contributed by atoms with E-state index in [1.165, 1.54) is 6.92 Å². The van der Waals surface area contributed by atoms with Gasteiger partial charge in [0, 0.05) is 5.39 Å². The van der Waals surface area contributed by atoms with Gasteiger partial charge in [0.2, 0.25) is 0 Å². The zero-order valence-corrected chi connectivity index (χ0v) is 15.4. The molecule has 2 aromatic heterocycles. The Labute approximate surface area is 153 Å². The van der Waals surface area contributed by atoms with Crippen molar-refractivity contribution in [2.45, 2.75) is 20.8 Å². The first kappa shape index (κ1) is 17.9. The highest BCUT2D eigenvalue weighted by Gasteiger charge is 2.26. The number of nitrogens with one attached hydrogen (secondary N) is 1. The van der Waals surface area contributed by atoms with E-state index in [-0.39, 0.29) is 28.7 Å². The van der Waals surface area contributed by atoms with Crippen LogP contribution in [0.4, 0.5) is 5.00 Å². The first-order valence-electron chi connectivity index (χ1n) is 8.03. The number of anilines is 1. The van der Waals surface area contributed by atoms with Gasteiger partial charge >= 0.3 is 5.97 Å². The zero-order chi connectivity index (χ0) is 18.8. The average Bonchev–Trinajstić information content (AvgIpc) is 3.16. The van der Waals surface area contributed by atoms with Crippen LogP contribution in [0.3, 0.4) is 0 Å². The highest BCUT2D eigenvalue weighted by atomic mass is 32.1. The molecule has 3 aromatic rings. The lowest BCUT2D eigenvalue weighted by atomic mass is 10.1. The summed E-state index contributed by atoms with van der Waals surface area (Å²) < 4.78 is 10.6. The third kappa shape index (κ3) is 3.25. The summed E-state index contributed by atoms with van der Waals surface area (Å²) in [6, 6.07) is 8.89. The molecule has 0 radical (unpaired) electrons. The van der Waals surface area contributed by atoms with E-state index in [1.54, 1.807) is 26.0 Å². The van der Waals surface area contributed by atoms with Crippen molar-refractivity contribution in [3.8, 4) is 0 Å². The molecule has 0 aliphatic carbocycles. The number of ether oxygens (including phenoxy) is 1. The van der Waals surface area contributed by atoms with Crippen LogP contribution in [0, 0.1) is 6.92 Å². The Morgan fingerprint density at radius 1 is 1.23 bits per heavy atom. The lowest BCUT2D eigenvalue weighted by molar-refractivity contribution is 0.0527. The molecule has 1 amide bonds. The van der Waals surface area contributed by atoms with Crippen LogP contribution >= 0.6 is 11.3 Å². The zero-order valence-electron chi connectivity index (χ0n) is 14.5. The molecule has 0 saturated carbocycles. The second kappa shape index (κ2) is 7.13. The maximum atomic E-state index is 12.6. The van der Waals surface area contributed by atoms with E-state index in [2.05, 4.69) is 5.32 Å². The van der Waals surface area contributed by atoms with Crippen molar-refractivity contribution >= 4 is 45.0 Å². The van der Waals surface area contributed by atoms with E-state index in [0.717, 1.165) is 16.7 Å². The molecule has 2 heterocycles. The molecule has 7 heteroatoms. The van der Waals surface area contributed by atoms with Gasteiger partial charge in [0.25, 0.3) is 5.91 Å². The summed E-state index contributed by atoms with van der Waals surface area (Å²) in [4.78, 5) is 37.1. The van der Waals surface area contributed by atoms with Crippen molar-refractivity contribution in [2.75, 3.05) is 11.9 Å². The third-order valence-corrected chi connectivity index (χ3v) is 5.13. The van der Waals surface area contributed by atoms with Gasteiger partial charge in [0.15, 0.2) is 11.5 Å². The number of thiophene rings is 1. The molecule has 0 fully saturated rings. The summed E-state index contributed by atoms with van der Waals surface area (Å²) in [6.07, 6.45) is 0. The Hall–Kier alpha value is -2.93. The molecule has 0 aliphatic rings. The number of carbonyl (C=O) groups excluding carboxylic acids is 3. The normalized spacial score (nSPS) is 10.7. The van der Waals surface area contributed by atoms with Gasteiger partial charge in [-0.3, -0.25) is 9.59 Å². The molecular weight excluding hydrogens is 354 g/mol. The number of ketones is 1. The number of para-hydroxylation sites is 1. The quantitative estimate of drug-likeness (QED) is 0.529. The number of hydrogen-bond acceptors (Lipinski definition) is 6. The van der Waals surface area contributed by atoms with Crippen LogP contribution < -0.4 is 5.32 Å². The van der Waals surface area contributed by atoms with Crippen LogP contribution in [-0.4, -0.2) is 24.3 Å². The van der Waals surface area contributed by atoms with Gasteiger partial charge in [-0.05, 0) is 38.5 Å². The van der Waals surface area contributed by atoms with Crippen molar-refractivity contribution in [3.05, 3.63) is 52.1 Å². The number of rotatable bonds is 5. The molecule has 6 nitrogen and oxygen atoms in total. The van der Waals surface area contributed by atoms with Gasteiger partial charge in [0.05, 0.1) is 17.0 Å². The highest BCUT2D eigenvalue weighted by Crippen LogP contribution is 2.34. The molecule has 0 spiro atoms. The second-order valence-electron chi connectivity index (χ2n) is 5.64. The van der Waals surface area contributed by atoms with E-state index in [9.17, 15) is 14.4 Å². The summed E-state index contributed by atoms with van der Waals surface area (Å²) in [5, 5.41) is 3.75. The number of hydrogen-bond donors (Lipinski definition) is 1. The predicted octanol–water partition coefficient (Wildman–Crippen LogP) is 4.43. The van der Waals surface area contributed by atoms with Crippen molar-refractivity contribution in [2.24, 2.45) is 0 Å². The number of esters is 1. The van der Waals surface area contributed by atoms with Crippen LogP contribution in [0.15, 0.2) is 34.7 Å². The van der Waals surface area contributed by atoms with Crippen LogP contribution in [0.2, 0.25) is 0 Å². The molecule has 0 bridgehead atoms. The summed E-state index contributed by atoms with van der Waals surface area (Å²) in [6.45, 7) is 4.97. The number of amides is 1. The van der Waals surface area contributed by atoms with Gasteiger partial charge < -0.3 is 14.5 Å². The smallest absolute Gasteiger partial charge is 0.341 e. The van der Waals surface area contributed by atoms with E-state index >= 15 is 0 Å². The van der Waals surface area contributed by atoms with E-state index in [4.69, 9.17) is 9.15 Å². The van der Waals surface area contributed by atoms with Crippen LogP contribution in [0.25, 0.3) is 11.0 Å². The molecule has 3 rings (SSSR count). The fraction of sp³-hybridized carbons (Fsp3) is 0.211. The molecule has 0 atom stereocenters. The van der Waals surface area contributed by atoms with Crippen molar-refractivity contribution in [1.29, 1.82) is 0 Å². The van der Waals surface area contributed by atoms with E-state index in [1.807, 2.05) is 18.2 Å².